The van der Waals surface area contributed by atoms with Gasteiger partial charge in [0, 0.05) is 17.3 Å². The van der Waals surface area contributed by atoms with Crippen molar-refractivity contribution in [3.8, 4) is 5.75 Å². The highest BCUT2D eigenvalue weighted by molar-refractivity contribution is 6.32. The van der Waals surface area contributed by atoms with Crippen LogP contribution in [0.4, 0.5) is 16.2 Å². The molecule has 1 saturated heterocycles. The molecule has 0 saturated carbocycles. The zero-order valence-electron chi connectivity index (χ0n) is 13.7. The van der Waals surface area contributed by atoms with Crippen molar-refractivity contribution in [2.24, 2.45) is 10.9 Å². The Morgan fingerprint density at radius 1 is 1.15 bits per heavy atom. The van der Waals surface area contributed by atoms with Gasteiger partial charge in [0.15, 0.2) is 5.92 Å². The quantitative estimate of drug-likeness (QED) is 0.661. The number of benzene rings is 2. The van der Waals surface area contributed by atoms with E-state index < -0.39 is 23.8 Å². The van der Waals surface area contributed by atoms with Gasteiger partial charge in [-0.3, -0.25) is 19.9 Å². The van der Waals surface area contributed by atoms with Gasteiger partial charge in [0.1, 0.15) is 5.75 Å². The molecule has 0 bridgehead atoms. The summed E-state index contributed by atoms with van der Waals surface area (Å²) in [6.07, 6.45) is 1.21. The Bertz CT molecular complexity index is 896. The number of carbonyl (C=O) groups excluding carboxylic acids is 3. The second-order valence-electron chi connectivity index (χ2n) is 5.40. The number of barbiturate groups is 1. The van der Waals surface area contributed by atoms with E-state index in [1.807, 2.05) is 0 Å². The number of ether oxygens (including phenoxy) is 1. The number of carbonyl (C=O) groups is 3. The Morgan fingerprint density at radius 2 is 1.88 bits per heavy atom. The molecular formula is C18H14ClN3O4. The molecule has 1 N–H and O–H groups in total. The lowest BCUT2D eigenvalue weighted by Gasteiger charge is -2.28. The molecule has 1 fully saturated rings. The molecule has 0 aliphatic carbocycles. The minimum absolute atomic E-state index is 0.296. The van der Waals surface area contributed by atoms with E-state index in [0.29, 0.717) is 22.1 Å². The van der Waals surface area contributed by atoms with Gasteiger partial charge in [-0.15, -0.1) is 0 Å². The van der Waals surface area contributed by atoms with Crippen molar-refractivity contribution in [3.63, 3.8) is 0 Å². The standard InChI is InChI=1S/C18H14ClN3O4/c1-26-14-4-2-3-13(9-14)22-17(24)15(16(23)21-18(22)25)10-20-12-7-5-11(19)6-8-12/h2-10,15H,1H3,(H,21,23,25)/t15-/m1/s1. The van der Waals surface area contributed by atoms with E-state index in [2.05, 4.69) is 10.3 Å². The smallest absolute Gasteiger partial charge is 0.335 e. The van der Waals surface area contributed by atoms with Crippen LogP contribution in [0.1, 0.15) is 0 Å². The topological polar surface area (TPSA) is 88.1 Å². The number of hydrogen-bond donors (Lipinski definition) is 1. The lowest BCUT2D eigenvalue weighted by molar-refractivity contribution is -0.131. The molecule has 7 nitrogen and oxygen atoms in total. The third kappa shape index (κ3) is 3.57. The van der Waals surface area contributed by atoms with Crippen LogP contribution in [0, 0.1) is 5.92 Å². The van der Waals surface area contributed by atoms with Crippen molar-refractivity contribution in [1.29, 1.82) is 0 Å². The summed E-state index contributed by atoms with van der Waals surface area (Å²) < 4.78 is 5.11. The molecule has 0 aromatic heterocycles. The minimum Gasteiger partial charge on any atom is -0.497 e. The number of nitrogens with one attached hydrogen (secondary N) is 1. The average Bonchev–Trinajstić information content (AvgIpc) is 2.63. The second-order valence-corrected chi connectivity index (χ2v) is 5.84. The Morgan fingerprint density at radius 3 is 2.58 bits per heavy atom. The number of urea groups is 1. The molecule has 1 atom stereocenters. The molecule has 132 valence electrons. The Kier molecular flexibility index (Phi) is 4.99. The number of methoxy groups -OCH3 is 1. The predicted molar refractivity (Wildman–Crippen MR) is 97.1 cm³/mol. The SMILES string of the molecule is COc1cccc(N2C(=O)NC(=O)[C@@H](C=Nc3ccc(Cl)cc3)C2=O)c1. The normalized spacial score (nSPS) is 17.5. The summed E-state index contributed by atoms with van der Waals surface area (Å²) in [6.45, 7) is 0. The summed E-state index contributed by atoms with van der Waals surface area (Å²) >= 11 is 5.81. The third-order valence-electron chi connectivity index (χ3n) is 3.71. The number of hydrogen-bond acceptors (Lipinski definition) is 5. The van der Waals surface area contributed by atoms with Crippen molar-refractivity contribution >= 4 is 47.0 Å². The number of nitrogens with zero attached hydrogens (tertiary/aromatic N) is 2. The molecule has 4 amide bonds. The lowest BCUT2D eigenvalue weighted by Crippen LogP contribution is -2.58. The van der Waals surface area contributed by atoms with Crippen LogP contribution in [-0.4, -0.2) is 31.2 Å². The van der Waals surface area contributed by atoms with Crippen molar-refractivity contribution in [1.82, 2.24) is 5.32 Å². The highest BCUT2D eigenvalue weighted by Gasteiger charge is 2.40. The summed E-state index contributed by atoms with van der Waals surface area (Å²) in [6, 6.07) is 12.2. The van der Waals surface area contributed by atoms with Crippen molar-refractivity contribution in [3.05, 3.63) is 53.6 Å². The van der Waals surface area contributed by atoms with Crippen molar-refractivity contribution < 1.29 is 19.1 Å². The average molecular weight is 372 g/mol. The molecule has 8 heteroatoms. The fraction of sp³-hybridized carbons (Fsp3) is 0.111. The van der Waals surface area contributed by atoms with Crippen LogP contribution in [0.5, 0.6) is 5.75 Å². The molecule has 3 rings (SSSR count). The monoisotopic (exact) mass is 371 g/mol. The van der Waals surface area contributed by atoms with E-state index in [-0.39, 0.29) is 0 Å². The first-order chi connectivity index (χ1) is 12.5. The summed E-state index contributed by atoms with van der Waals surface area (Å²) in [7, 11) is 1.47. The van der Waals surface area contributed by atoms with Crippen LogP contribution < -0.4 is 15.0 Å². The molecule has 1 heterocycles. The van der Waals surface area contributed by atoms with Crippen LogP contribution in [0.15, 0.2) is 53.5 Å². The first-order valence-corrected chi connectivity index (χ1v) is 8.00. The number of imide groups is 2. The van der Waals surface area contributed by atoms with E-state index in [0.717, 1.165) is 4.90 Å². The van der Waals surface area contributed by atoms with E-state index >= 15 is 0 Å². The molecule has 1 aliphatic heterocycles. The van der Waals surface area contributed by atoms with Gasteiger partial charge in [-0.1, -0.05) is 17.7 Å². The van der Waals surface area contributed by atoms with Crippen molar-refractivity contribution in [2.45, 2.75) is 0 Å². The van der Waals surface area contributed by atoms with Gasteiger partial charge in [-0.05, 0) is 36.4 Å². The Balaban J connectivity index is 1.88. The first-order valence-electron chi connectivity index (χ1n) is 7.62. The molecule has 26 heavy (non-hydrogen) atoms. The lowest BCUT2D eigenvalue weighted by atomic mass is 10.1. The maximum Gasteiger partial charge on any atom is 0.335 e. The minimum atomic E-state index is -1.23. The highest BCUT2D eigenvalue weighted by Crippen LogP contribution is 2.25. The van der Waals surface area contributed by atoms with E-state index in [9.17, 15) is 14.4 Å². The van der Waals surface area contributed by atoms with Gasteiger partial charge >= 0.3 is 6.03 Å². The number of aliphatic imine (C=N–C) groups is 1. The summed E-state index contributed by atoms with van der Waals surface area (Å²) in [5.41, 5.74) is 0.823. The van der Waals surface area contributed by atoms with Crippen LogP contribution >= 0.6 is 11.6 Å². The first kappa shape index (κ1) is 17.6. The molecule has 2 aromatic rings. The van der Waals surface area contributed by atoms with Gasteiger partial charge in [0.2, 0.25) is 5.91 Å². The van der Waals surface area contributed by atoms with E-state index in [4.69, 9.17) is 16.3 Å². The molecule has 0 unspecified atom stereocenters. The maximum absolute atomic E-state index is 12.7. The summed E-state index contributed by atoms with van der Waals surface area (Å²) in [5.74, 6) is -2.16. The maximum atomic E-state index is 12.7. The summed E-state index contributed by atoms with van der Waals surface area (Å²) in [5, 5.41) is 2.71. The Hall–Kier alpha value is -3.19. The molecule has 0 radical (unpaired) electrons. The van der Waals surface area contributed by atoms with E-state index in [1.165, 1.54) is 19.4 Å². The van der Waals surface area contributed by atoms with Gasteiger partial charge in [0.05, 0.1) is 18.5 Å². The fourth-order valence-corrected chi connectivity index (χ4v) is 2.53. The van der Waals surface area contributed by atoms with Crippen LogP contribution in [-0.2, 0) is 9.59 Å². The molecular weight excluding hydrogens is 358 g/mol. The zero-order chi connectivity index (χ0) is 18.7. The van der Waals surface area contributed by atoms with Gasteiger partial charge < -0.3 is 4.74 Å². The van der Waals surface area contributed by atoms with Crippen LogP contribution in [0.3, 0.4) is 0 Å². The predicted octanol–water partition coefficient (Wildman–Crippen LogP) is 2.95. The molecule has 0 spiro atoms. The zero-order valence-corrected chi connectivity index (χ0v) is 14.4. The number of rotatable bonds is 4. The van der Waals surface area contributed by atoms with Crippen LogP contribution in [0.25, 0.3) is 0 Å². The van der Waals surface area contributed by atoms with E-state index in [1.54, 1.807) is 42.5 Å². The molecule has 1 aliphatic rings. The van der Waals surface area contributed by atoms with Crippen LogP contribution in [0.2, 0.25) is 5.02 Å². The fourth-order valence-electron chi connectivity index (χ4n) is 2.40. The van der Waals surface area contributed by atoms with Gasteiger partial charge in [-0.2, -0.15) is 0 Å². The Labute approximate surface area is 154 Å². The number of amides is 4. The second kappa shape index (κ2) is 7.37. The highest BCUT2D eigenvalue weighted by atomic mass is 35.5. The summed E-state index contributed by atoms with van der Waals surface area (Å²) in [4.78, 5) is 42.0. The number of halogens is 1. The van der Waals surface area contributed by atoms with Gasteiger partial charge in [0.25, 0.3) is 5.91 Å². The molecule has 2 aromatic carbocycles. The van der Waals surface area contributed by atoms with Gasteiger partial charge in [-0.25, -0.2) is 9.69 Å². The third-order valence-corrected chi connectivity index (χ3v) is 3.96. The largest absolute Gasteiger partial charge is 0.497 e. The van der Waals surface area contributed by atoms with Crippen molar-refractivity contribution in [2.75, 3.05) is 12.0 Å². The number of anilines is 1.